The number of nitrogens with zero attached hydrogens (tertiary/aromatic N) is 2. The van der Waals surface area contributed by atoms with E-state index in [-0.39, 0.29) is 16.5 Å². The molecule has 9 nitrogen and oxygen atoms in total. The van der Waals surface area contributed by atoms with E-state index in [1.807, 2.05) is 12.1 Å². The SMILES string of the molecule is Cc1c(F)c(F)c(S(=O)(=O)N(C)CC(=O)N(Cc2ccc(C3CCCCC3)cc2)c2cc(C(=O)O)cc(C(=O)O)c2)c(F)c1F. The maximum absolute atomic E-state index is 14.6. The third-order valence-corrected chi connectivity index (χ3v) is 9.71. The number of sulfonamides is 1. The van der Waals surface area contributed by atoms with Crippen LogP contribution in [0.25, 0.3) is 0 Å². The van der Waals surface area contributed by atoms with Crippen LogP contribution in [0.5, 0.6) is 0 Å². The molecule has 240 valence electrons. The first kappa shape index (κ1) is 33.6. The average molecular weight is 651 g/mol. The molecule has 1 amide bonds. The van der Waals surface area contributed by atoms with Crippen LogP contribution < -0.4 is 4.90 Å². The Morgan fingerprint density at radius 3 is 1.82 bits per heavy atom. The molecule has 0 unspecified atom stereocenters. The van der Waals surface area contributed by atoms with E-state index in [2.05, 4.69) is 0 Å². The fourth-order valence-corrected chi connectivity index (χ4v) is 6.54. The first-order chi connectivity index (χ1) is 21.1. The number of halogens is 4. The van der Waals surface area contributed by atoms with Gasteiger partial charge in [0, 0.05) is 18.3 Å². The van der Waals surface area contributed by atoms with E-state index >= 15 is 0 Å². The smallest absolute Gasteiger partial charge is 0.335 e. The van der Waals surface area contributed by atoms with Crippen molar-refractivity contribution < 1.29 is 50.6 Å². The minimum Gasteiger partial charge on any atom is -0.478 e. The number of carboxylic acid groups (broad SMARTS) is 2. The Morgan fingerprint density at radius 2 is 1.33 bits per heavy atom. The largest absolute Gasteiger partial charge is 0.478 e. The number of benzene rings is 3. The van der Waals surface area contributed by atoms with Crippen LogP contribution in [0.15, 0.2) is 47.4 Å². The normalized spacial score (nSPS) is 14.0. The zero-order chi connectivity index (χ0) is 33.2. The Hall–Kier alpha value is -4.30. The molecule has 0 spiro atoms. The van der Waals surface area contributed by atoms with Crippen molar-refractivity contribution in [1.29, 1.82) is 0 Å². The number of anilines is 1. The summed E-state index contributed by atoms with van der Waals surface area (Å²) in [6, 6.07) is 10.1. The zero-order valence-electron chi connectivity index (χ0n) is 24.3. The molecular weight excluding hydrogens is 620 g/mol. The number of rotatable bonds is 10. The van der Waals surface area contributed by atoms with Gasteiger partial charge in [0.1, 0.15) is 0 Å². The fourth-order valence-electron chi connectivity index (χ4n) is 5.32. The predicted molar refractivity (Wildman–Crippen MR) is 155 cm³/mol. The number of hydrogen-bond donors (Lipinski definition) is 2. The molecule has 1 aliphatic rings. The van der Waals surface area contributed by atoms with Gasteiger partial charge in [-0.05, 0) is 55.0 Å². The van der Waals surface area contributed by atoms with E-state index in [9.17, 15) is 50.6 Å². The van der Waals surface area contributed by atoms with Gasteiger partial charge in [-0.2, -0.15) is 4.31 Å². The third-order valence-electron chi connectivity index (χ3n) is 7.89. The van der Waals surface area contributed by atoms with Gasteiger partial charge in [0.15, 0.2) is 28.2 Å². The number of hydrogen-bond acceptors (Lipinski definition) is 5. The molecule has 3 aromatic rings. The van der Waals surface area contributed by atoms with E-state index in [0.717, 1.165) is 74.7 Å². The van der Waals surface area contributed by atoms with Gasteiger partial charge in [-0.15, -0.1) is 0 Å². The lowest BCUT2D eigenvalue weighted by Gasteiger charge is -2.27. The van der Waals surface area contributed by atoms with Gasteiger partial charge in [0.2, 0.25) is 15.9 Å². The summed E-state index contributed by atoms with van der Waals surface area (Å²) in [5.41, 5.74) is -0.645. The molecule has 0 aliphatic heterocycles. The molecule has 0 radical (unpaired) electrons. The molecule has 3 aromatic carbocycles. The Morgan fingerprint density at radius 1 is 0.822 bits per heavy atom. The zero-order valence-corrected chi connectivity index (χ0v) is 25.1. The lowest BCUT2D eigenvalue weighted by atomic mass is 9.84. The highest BCUT2D eigenvalue weighted by atomic mass is 32.2. The van der Waals surface area contributed by atoms with Crippen molar-refractivity contribution in [2.75, 3.05) is 18.5 Å². The summed E-state index contributed by atoms with van der Waals surface area (Å²) >= 11 is 0. The molecule has 4 rings (SSSR count). The summed E-state index contributed by atoms with van der Waals surface area (Å²) in [7, 11) is -4.58. The summed E-state index contributed by atoms with van der Waals surface area (Å²) in [4.78, 5) is 36.2. The Bertz CT molecular complexity index is 1700. The summed E-state index contributed by atoms with van der Waals surface area (Å²) in [6.07, 6.45) is 5.43. The number of likely N-dealkylation sites (N-methyl/N-ethyl adjacent to an activating group) is 1. The van der Waals surface area contributed by atoms with Gasteiger partial charge in [0.25, 0.3) is 0 Å². The maximum atomic E-state index is 14.6. The van der Waals surface area contributed by atoms with E-state index in [1.165, 1.54) is 0 Å². The second kappa shape index (κ2) is 13.4. The molecule has 2 N–H and O–H groups in total. The van der Waals surface area contributed by atoms with Crippen LogP contribution in [-0.4, -0.2) is 54.4 Å². The first-order valence-electron chi connectivity index (χ1n) is 13.9. The van der Waals surface area contributed by atoms with E-state index in [1.54, 1.807) is 12.1 Å². The number of carboxylic acids is 2. The second-order valence-corrected chi connectivity index (χ2v) is 12.9. The van der Waals surface area contributed by atoms with E-state index < -0.39 is 79.3 Å². The molecule has 1 fully saturated rings. The Balaban J connectivity index is 1.72. The second-order valence-electron chi connectivity index (χ2n) is 10.9. The van der Waals surface area contributed by atoms with Gasteiger partial charge >= 0.3 is 11.9 Å². The molecule has 0 bridgehead atoms. The van der Waals surface area contributed by atoms with Crippen LogP contribution in [0.3, 0.4) is 0 Å². The van der Waals surface area contributed by atoms with Crippen molar-refractivity contribution >= 4 is 33.6 Å². The van der Waals surface area contributed by atoms with Crippen molar-refractivity contribution in [3.05, 3.63) is 93.6 Å². The average Bonchev–Trinajstić information content (AvgIpc) is 3.02. The standard InChI is InChI=1S/C31H30F4N2O7S/c1-17-25(32)27(34)29(28(35)26(17)33)45(43,44)36(2)16-24(38)37(23-13-21(30(39)40)12-22(14-23)31(41)42)15-18-8-10-20(11-9-18)19-6-4-3-5-7-19/h8-14,19H,3-7,15-16H2,1-2H3,(H,39,40)(H,41,42). The van der Waals surface area contributed by atoms with Crippen LogP contribution in [0.2, 0.25) is 0 Å². The highest BCUT2D eigenvalue weighted by Crippen LogP contribution is 2.33. The van der Waals surface area contributed by atoms with Crippen LogP contribution in [-0.2, 0) is 21.4 Å². The minimum absolute atomic E-state index is 0.184. The van der Waals surface area contributed by atoms with Gasteiger partial charge < -0.3 is 15.1 Å². The predicted octanol–water partition coefficient (Wildman–Crippen LogP) is 5.85. The van der Waals surface area contributed by atoms with E-state index in [0.29, 0.717) is 11.5 Å². The summed E-state index contributed by atoms with van der Waals surface area (Å²) < 4.78 is 84.0. The van der Waals surface area contributed by atoms with Crippen molar-refractivity contribution in [1.82, 2.24) is 4.31 Å². The topological polar surface area (TPSA) is 132 Å². The molecule has 0 aromatic heterocycles. The van der Waals surface area contributed by atoms with Crippen molar-refractivity contribution in [3.63, 3.8) is 0 Å². The van der Waals surface area contributed by atoms with E-state index in [4.69, 9.17) is 0 Å². The minimum atomic E-state index is -5.34. The van der Waals surface area contributed by atoms with Crippen LogP contribution in [0.1, 0.15) is 75.4 Å². The van der Waals surface area contributed by atoms with Crippen LogP contribution >= 0.6 is 0 Å². The molecule has 0 saturated heterocycles. The lowest BCUT2D eigenvalue weighted by Crippen LogP contribution is -2.41. The highest BCUT2D eigenvalue weighted by Gasteiger charge is 2.36. The monoisotopic (exact) mass is 650 g/mol. The summed E-state index contributed by atoms with van der Waals surface area (Å²) in [5.74, 6) is -11.9. The number of aromatic carboxylic acids is 2. The lowest BCUT2D eigenvalue weighted by molar-refractivity contribution is -0.118. The van der Waals surface area contributed by atoms with Gasteiger partial charge in [-0.3, -0.25) is 4.79 Å². The molecule has 1 aliphatic carbocycles. The van der Waals surface area contributed by atoms with Gasteiger partial charge in [-0.1, -0.05) is 43.5 Å². The maximum Gasteiger partial charge on any atom is 0.335 e. The van der Waals surface area contributed by atoms with Crippen molar-refractivity contribution in [3.8, 4) is 0 Å². The summed E-state index contributed by atoms with van der Waals surface area (Å²) in [5, 5.41) is 19.1. The summed E-state index contributed by atoms with van der Waals surface area (Å²) in [6.45, 7) is -0.689. The van der Waals surface area contributed by atoms with Gasteiger partial charge in [0.05, 0.1) is 24.2 Å². The third kappa shape index (κ3) is 7.01. The molecule has 0 heterocycles. The number of carbonyl (C=O) groups is 3. The Labute approximate surface area is 256 Å². The Kier molecular flexibility index (Phi) is 9.98. The van der Waals surface area contributed by atoms with Crippen molar-refractivity contribution in [2.45, 2.75) is 56.4 Å². The first-order valence-corrected chi connectivity index (χ1v) is 15.4. The molecule has 0 atom stereocenters. The molecule has 45 heavy (non-hydrogen) atoms. The molecular formula is C31H30F4N2O7S. The quantitative estimate of drug-likeness (QED) is 0.208. The fraction of sp³-hybridized carbons (Fsp3) is 0.323. The van der Waals surface area contributed by atoms with Crippen LogP contribution in [0.4, 0.5) is 23.2 Å². The molecule has 1 saturated carbocycles. The van der Waals surface area contributed by atoms with Gasteiger partial charge in [-0.25, -0.2) is 35.6 Å². The molecule has 14 heteroatoms. The number of amides is 1. The van der Waals surface area contributed by atoms with Crippen molar-refractivity contribution in [2.24, 2.45) is 0 Å². The highest BCUT2D eigenvalue weighted by molar-refractivity contribution is 7.89. The van der Waals surface area contributed by atoms with Crippen LogP contribution in [0, 0.1) is 30.2 Å². The number of carbonyl (C=O) groups excluding carboxylic acids is 1.